The Bertz CT molecular complexity index is 664. The summed E-state index contributed by atoms with van der Waals surface area (Å²) >= 11 is 8.30. The van der Waals surface area contributed by atoms with E-state index in [-0.39, 0.29) is 5.97 Å². The SMILES string of the molecule is CC(C)(C)OC(=O)CCCn1cc(I)c2c(Cl)ncnc21. The molecule has 0 bridgehead atoms. The number of esters is 1. The number of nitrogens with zero attached hydrogens (tertiary/aromatic N) is 3. The molecule has 2 aromatic rings. The summed E-state index contributed by atoms with van der Waals surface area (Å²) in [7, 11) is 0. The molecule has 0 unspecified atom stereocenters. The summed E-state index contributed by atoms with van der Waals surface area (Å²) in [5.74, 6) is -0.179. The maximum Gasteiger partial charge on any atom is 0.306 e. The van der Waals surface area contributed by atoms with Gasteiger partial charge in [-0.05, 0) is 49.8 Å². The zero-order valence-electron chi connectivity index (χ0n) is 12.2. The van der Waals surface area contributed by atoms with Crippen LogP contribution in [0.3, 0.4) is 0 Å². The Hall–Kier alpha value is -0.890. The topological polar surface area (TPSA) is 57.0 Å². The van der Waals surface area contributed by atoms with Gasteiger partial charge in [-0.3, -0.25) is 4.79 Å². The molecule has 0 aromatic carbocycles. The van der Waals surface area contributed by atoms with E-state index in [1.165, 1.54) is 6.33 Å². The van der Waals surface area contributed by atoms with Crippen LogP contribution in [0.25, 0.3) is 11.0 Å². The lowest BCUT2D eigenvalue weighted by atomic mass is 10.2. The normalized spacial score (nSPS) is 11.9. The Morgan fingerprint density at radius 3 is 2.81 bits per heavy atom. The first-order chi connectivity index (χ1) is 9.78. The minimum Gasteiger partial charge on any atom is -0.460 e. The van der Waals surface area contributed by atoms with Crippen LogP contribution in [0.5, 0.6) is 0 Å². The van der Waals surface area contributed by atoms with Gasteiger partial charge in [-0.1, -0.05) is 11.6 Å². The van der Waals surface area contributed by atoms with E-state index < -0.39 is 5.60 Å². The summed E-state index contributed by atoms with van der Waals surface area (Å²) in [4.78, 5) is 20.0. The van der Waals surface area contributed by atoms with E-state index in [1.54, 1.807) is 0 Å². The number of aryl methyl sites for hydroxylation is 1. The predicted molar refractivity (Wildman–Crippen MR) is 90.3 cm³/mol. The van der Waals surface area contributed by atoms with Crippen molar-refractivity contribution >= 4 is 51.2 Å². The molecule has 0 radical (unpaired) electrons. The number of aromatic nitrogens is 3. The quantitative estimate of drug-likeness (QED) is 0.428. The summed E-state index contributed by atoms with van der Waals surface area (Å²) in [5, 5.41) is 1.31. The zero-order valence-corrected chi connectivity index (χ0v) is 15.1. The maximum atomic E-state index is 11.7. The fraction of sp³-hybridized carbons (Fsp3) is 0.500. The molecule has 2 aromatic heterocycles. The molecule has 0 spiro atoms. The number of hydrogen-bond donors (Lipinski definition) is 0. The molecule has 0 fully saturated rings. The van der Waals surface area contributed by atoms with Crippen molar-refractivity contribution in [2.24, 2.45) is 0 Å². The first kappa shape index (κ1) is 16.5. The van der Waals surface area contributed by atoms with E-state index in [4.69, 9.17) is 16.3 Å². The predicted octanol–water partition coefficient (Wildman–Crippen LogP) is 3.81. The Morgan fingerprint density at radius 1 is 1.43 bits per heavy atom. The largest absolute Gasteiger partial charge is 0.460 e. The van der Waals surface area contributed by atoms with Crippen LogP contribution < -0.4 is 0 Å². The molecule has 0 aliphatic heterocycles. The van der Waals surface area contributed by atoms with Crippen molar-refractivity contribution in [2.75, 3.05) is 0 Å². The fourth-order valence-corrected chi connectivity index (χ4v) is 3.22. The molecule has 0 amide bonds. The van der Waals surface area contributed by atoms with Gasteiger partial charge < -0.3 is 9.30 Å². The van der Waals surface area contributed by atoms with Crippen LogP contribution >= 0.6 is 34.2 Å². The Labute approximate surface area is 142 Å². The van der Waals surface area contributed by atoms with E-state index >= 15 is 0 Å². The Kier molecular flexibility index (Phi) is 5.08. The number of hydrogen-bond acceptors (Lipinski definition) is 4. The smallest absolute Gasteiger partial charge is 0.306 e. The molecule has 5 nitrogen and oxygen atoms in total. The van der Waals surface area contributed by atoms with Crippen molar-refractivity contribution < 1.29 is 9.53 Å². The van der Waals surface area contributed by atoms with Crippen molar-refractivity contribution in [3.05, 3.63) is 21.2 Å². The molecule has 2 rings (SSSR count). The van der Waals surface area contributed by atoms with Gasteiger partial charge in [0.2, 0.25) is 0 Å². The molecule has 0 aliphatic rings. The van der Waals surface area contributed by atoms with Crippen LogP contribution in [0.15, 0.2) is 12.5 Å². The standard InChI is InChI=1S/C14H17ClIN3O2/c1-14(2,3)21-10(20)5-4-6-19-7-9(16)11-12(15)17-8-18-13(11)19/h7-8H,4-6H2,1-3H3. The summed E-state index contributed by atoms with van der Waals surface area (Å²) < 4.78 is 8.29. The second-order valence-electron chi connectivity index (χ2n) is 5.72. The summed E-state index contributed by atoms with van der Waals surface area (Å²) in [5.41, 5.74) is 0.358. The van der Waals surface area contributed by atoms with Gasteiger partial charge in [0.25, 0.3) is 0 Å². The molecule has 0 aliphatic carbocycles. The van der Waals surface area contributed by atoms with Gasteiger partial charge in [0.05, 0.1) is 5.39 Å². The van der Waals surface area contributed by atoms with E-state index in [0.29, 0.717) is 24.5 Å². The molecule has 0 saturated carbocycles. The third-order valence-electron chi connectivity index (χ3n) is 2.76. The summed E-state index contributed by atoms with van der Waals surface area (Å²) in [6.07, 6.45) is 4.49. The lowest BCUT2D eigenvalue weighted by Crippen LogP contribution is -2.23. The van der Waals surface area contributed by atoms with E-state index in [1.807, 2.05) is 31.5 Å². The van der Waals surface area contributed by atoms with Gasteiger partial charge in [-0.2, -0.15) is 0 Å². The third-order valence-corrected chi connectivity index (χ3v) is 3.87. The van der Waals surface area contributed by atoms with Crippen LogP contribution in [0.4, 0.5) is 0 Å². The minimum atomic E-state index is -0.437. The van der Waals surface area contributed by atoms with Crippen molar-refractivity contribution in [3.8, 4) is 0 Å². The monoisotopic (exact) mass is 421 g/mol. The van der Waals surface area contributed by atoms with E-state index in [0.717, 1.165) is 14.6 Å². The molecule has 0 N–H and O–H groups in total. The summed E-state index contributed by atoms with van der Waals surface area (Å²) in [6.45, 7) is 6.29. The molecule has 0 saturated heterocycles. The highest BCUT2D eigenvalue weighted by Gasteiger charge is 2.16. The second-order valence-corrected chi connectivity index (χ2v) is 7.24. The Balaban J connectivity index is 2.02. The molecule has 21 heavy (non-hydrogen) atoms. The van der Waals surface area contributed by atoms with E-state index in [2.05, 4.69) is 32.6 Å². The summed E-state index contributed by atoms with van der Waals surface area (Å²) in [6, 6.07) is 0. The van der Waals surface area contributed by atoms with E-state index in [9.17, 15) is 4.79 Å². The first-order valence-electron chi connectivity index (χ1n) is 6.64. The number of fused-ring (bicyclic) bond motifs is 1. The van der Waals surface area contributed by atoms with Gasteiger partial charge >= 0.3 is 5.97 Å². The third kappa shape index (κ3) is 4.29. The highest BCUT2D eigenvalue weighted by molar-refractivity contribution is 14.1. The zero-order chi connectivity index (χ0) is 15.6. The second kappa shape index (κ2) is 6.48. The van der Waals surface area contributed by atoms with Crippen LogP contribution in [-0.4, -0.2) is 26.1 Å². The molecule has 7 heteroatoms. The molecular weight excluding hydrogens is 405 g/mol. The van der Waals surface area contributed by atoms with Gasteiger partial charge in [-0.25, -0.2) is 9.97 Å². The van der Waals surface area contributed by atoms with Gasteiger partial charge in [-0.15, -0.1) is 0 Å². The molecule has 114 valence electrons. The highest BCUT2D eigenvalue weighted by atomic mass is 127. The number of carbonyl (C=O) groups excluding carboxylic acids is 1. The van der Waals surface area contributed by atoms with Crippen LogP contribution in [-0.2, 0) is 16.1 Å². The van der Waals surface area contributed by atoms with Gasteiger partial charge in [0.15, 0.2) is 0 Å². The lowest BCUT2D eigenvalue weighted by molar-refractivity contribution is -0.154. The Morgan fingerprint density at radius 2 is 2.14 bits per heavy atom. The molecule has 0 atom stereocenters. The average Bonchev–Trinajstić information content (AvgIpc) is 2.65. The van der Waals surface area contributed by atoms with Gasteiger partial charge in [0.1, 0.15) is 22.7 Å². The molecular formula is C14H17ClIN3O2. The van der Waals surface area contributed by atoms with Crippen LogP contribution in [0.2, 0.25) is 5.15 Å². The van der Waals surface area contributed by atoms with Crippen molar-refractivity contribution in [1.82, 2.24) is 14.5 Å². The van der Waals surface area contributed by atoms with Crippen LogP contribution in [0.1, 0.15) is 33.6 Å². The number of carbonyl (C=O) groups is 1. The maximum absolute atomic E-state index is 11.7. The van der Waals surface area contributed by atoms with Crippen molar-refractivity contribution in [2.45, 2.75) is 45.8 Å². The first-order valence-corrected chi connectivity index (χ1v) is 8.10. The molecule has 2 heterocycles. The number of ether oxygens (including phenoxy) is 1. The fourth-order valence-electron chi connectivity index (χ4n) is 2.00. The average molecular weight is 422 g/mol. The van der Waals surface area contributed by atoms with Crippen molar-refractivity contribution in [3.63, 3.8) is 0 Å². The number of rotatable bonds is 4. The van der Waals surface area contributed by atoms with Crippen LogP contribution in [0, 0.1) is 3.57 Å². The lowest BCUT2D eigenvalue weighted by Gasteiger charge is -2.19. The minimum absolute atomic E-state index is 0.179. The van der Waals surface area contributed by atoms with Gasteiger partial charge in [0, 0.05) is 22.7 Å². The highest BCUT2D eigenvalue weighted by Crippen LogP contribution is 2.26. The number of halogens is 2. The van der Waals surface area contributed by atoms with Crippen molar-refractivity contribution in [1.29, 1.82) is 0 Å².